The molecule has 0 bridgehead atoms. The molecule has 0 atom stereocenters. The molecule has 0 nitrogen and oxygen atoms in total. The van der Waals surface area contributed by atoms with Gasteiger partial charge in [-0.2, -0.15) is 0 Å². The third-order valence-corrected chi connectivity index (χ3v) is 1.36. The molecular formula is C8H9B. The zero-order valence-electron chi connectivity index (χ0n) is 5.59. The van der Waals surface area contributed by atoms with Gasteiger partial charge in [0.25, 0.3) is 0 Å². The Morgan fingerprint density at radius 3 is 2.22 bits per heavy atom. The molecule has 1 heteroatoms. The molecule has 2 radical (unpaired) electrons. The van der Waals surface area contributed by atoms with Gasteiger partial charge in [0.05, 0.1) is 7.85 Å². The standard InChI is InChI=1S/C8H9B/c1-7-2-4-8(6-9)5-3-7/h2-5H,6H2,1H3. The minimum atomic E-state index is 0.639. The molecule has 0 aliphatic carbocycles. The molecule has 0 saturated heterocycles. The zero-order chi connectivity index (χ0) is 6.69. The van der Waals surface area contributed by atoms with E-state index in [9.17, 15) is 0 Å². The van der Waals surface area contributed by atoms with Gasteiger partial charge in [-0.15, -0.1) is 0 Å². The Hall–Kier alpha value is -0.715. The third-order valence-electron chi connectivity index (χ3n) is 1.36. The lowest BCUT2D eigenvalue weighted by molar-refractivity contribution is 1.36. The quantitative estimate of drug-likeness (QED) is 0.489. The summed E-state index contributed by atoms with van der Waals surface area (Å²) in [5.41, 5.74) is 2.48. The summed E-state index contributed by atoms with van der Waals surface area (Å²) in [5, 5.41) is 0. The molecule has 0 fully saturated rings. The van der Waals surface area contributed by atoms with E-state index < -0.39 is 0 Å². The smallest absolute Gasteiger partial charge is 0.0643 e. The van der Waals surface area contributed by atoms with E-state index in [0.29, 0.717) is 6.32 Å². The lowest BCUT2D eigenvalue weighted by Gasteiger charge is -1.94. The highest BCUT2D eigenvalue weighted by molar-refractivity contribution is 6.08. The van der Waals surface area contributed by atoms with Crippen LogP contribution in [0.5, 0.6) is 0 Å². The Kier molecular flexibility index (Phi) is 1.94. The van der Waals surface area contributed by atoms with Crippen molar-refractivity contribution < 1.29 is 0 Å². The maximum atomic E-state index is 5.40. The van der Waals surface area contributed by atoms with Crippen LogP contribution in [0.2, 0.25) is 0 Å². The summed E-state index contributed by atoms with van der Waals surface area (Å²) in [5.74, 6) is 0. The van der Waals surface area contributed by atoms with Crippen LogP contribution in [-0.2, 0) is 6.32 Å². The van der Waals surface area contributed by atoms with Gasteiger partial charge in [-0.1, -0.05) is 41.7 Å². The van der Waals surface area contributed by atoms with Crippen LogP contribution in [-0.4, -0.2) is 7.85 Å². The van der Waals surface area contributed by atoms with Gasteiger partial charge >= 0.3 is 0 Å². The molecule has 1 aromatic rings. The Balaban J connectivity index is 2.88. The summed E-state index contributed by atoms with van der Waals surface area (Å²) < 4.78 is 0. The third kappa shape index (κ3) is 1.60. The molecule has 44 valence electrons. The summed E-state index contributed by atoms with van der Waals surface area (Å²) in [6.07, 6.45) is 0.639. The molecule has 0 saturated carbocycles. The van der Waals surface area contributed by atoms with E-state index in [0.717, 1.165) is 0 Å². The first-order valence-corrected chi connectivity index (χ1v) is 3.08. The van der Waals surface area contributed by atoms with Crippen molar-refractivity contribution in [2.45, 2.75) is 13.2 Å². The van der Waals surface area contributed by atoms with Crippen molar-refractivity contribution in [3.63, 3.8) is 0 Å². The van der Waals surface area contributed by atoms with Gasteiger partial charge in [-0.05, 0) is 6.92 Å². The van der Waals surface area contributed by atoms with Crippen LogP contribution in [0.4, 0.5) is 0 Å². The lowest BCUT2D eigenvalue weighted by atomic mass is 9.96. The normalized spacial score (nSPS) is 9.44. The van der Waals surface area contributed by atoms with E-state index in [1.54, 1.807) is 0 Å². The molecular weight excluding hydrogens is 107 g/mol. The average molecular weight is 116 g/mol. The van der Waals surface area contributed by atoms with E-state index in [4.69, 9.17) is 7.85 Å². The molecule has 0 heterocycles. The van der Waals surface area contributed by atoms with Crippen molar-refractivity contribution in [3.8, 4) is 0 Å². The molecule has 1 aromatic carbocycles. The van der Waals surface area contributed by atoms with Crippen LogP contribution in [0.1, 0.15) is 11.1 Å². The maximum absolute atomic E-state index is 5.40. The van der Waals surface area contributed by atoms with Crippen molar-refractivity contribution in [1.82, 2.24) is 0 Å². The molecule has 0 spiro atoms. The second-order valence-corrected chi connectivity index (χ2v) is 2.19. The Morgan fingerprint density at radius 1 is 1.22 bits per heavy atom. The first kappa shape index (κ1) is 6.41. The fourth-order valence-corrected chi connectivity index (χ4v) is 0.724. The van der Waals surface area contributed by atoms with Gasteiger partial charge < -0.3 is 0 Å². The summed E-state index contributed by atoms with van der Waals surface area (Å²) in [6.45, 7) is 2.07. The average Bonchev–Trinajstić information content (AvgIpc) is 1.90. The molecule has 9 heavy (non-hydrogen) atoms. The van der Waals surface area contributed by atoms with E-state index in [1.807, 2.05) is 0 Å². The number of benzene rings is 1. The SMILES string of the molecule is [B]Cc1ccc(C)cc1. The van der Waals surface area contributed by atoms with Gasteiger partial charge in [0.1, 0.15) is 0 Å². The maximum Gasteiger partial charge on any atom is 0.0716 e. The van der Waals surface area contributed by atoms with Gasteiger partial charge in [0.2, 0.25) is 0 Å². The Labute approximate surface area is 57.3 Å². The summed E-state index contributed by atoms with van der Waals surface area (Å²) in [6, 6.07) is 8.25. The van der Waals surface area contributed by atoms with Gasteiger partial charge in [0.15, 0.2) is 0 Å². The lowest BCUT2D eigenvalue weighted by Crippen LogP contribution is -1.81. The highest BCUT2D eigenvalue weighted by Crippen LogP contribution is 2.01. The Morgan fingerprint density at radius 2 is 1.78 bits per heavy atom. The van der Waals surface area contributed by atoms with Crippen molar-refractivity contribution in [3.05, 3.63) is 35.4 Å². The fraction of sp³-hybridized carbons (Fsp3) is 0.250. The summed E-state index contributed by atoms with van der Waals surface area (Å²) in [4.78, 5) is 0. The van der Waals surface area contributed by atoms with Crippen molar-refractivity contribution in [2.24, 2.45) is 0 Å². The molecule has 0 amide bonds. The molecule has 0 aliphatic rings. The largest absolute Gasteiger partial charge is 0.0716 e. The topological polar surface area (TPSA) is 0 Å². The molecule has 1 rings (SSSR count). The number of aryl methyl sites for hydroxylation is 1. The van der Waals surface area contributed by atoms with Gasteiger partial charge in [0, 0.05) is 0 Å². The second kappa shape index (κ2) is 2.72. The first-order chi connectivity index (χ1) is 4.33. The van der Waals surface area contributed by atoms with E-state index in [1.165, 1.54) is 11.1 Å². The first-order valence-electron chi connectivity index (χ1n) is 3.08. The zero-order valence-corrected chi connectivity index (χ0v) is 5.59. The summed E-state index contributed by atoms with van der Waals surface area (Å²) >= 11 is 0. The van der Waals surface area contributed by atoms with Crippen LogP contribution in [0, 0.1) is 6.92 Å². The van der Waals surface area contributed by atoms with Crippen molar-refractivity contribution >= 4 is 7.85 Å². The highest BCUT2D eigenvalue weighted by atomic mass is 13.9. The molecule has 0 N–H and O–H groups in total. The van der Waals surface area contributed by atoms with Crippen LogP contribution in [0.25, 0.3) is 0 Å². The fourth-order valence-electron chi connectivity index (χ4n) is 0.724. The molecule has 0 aliphatic heterocycles. The number of rotatable bonds is 1. The predicted molar refractivity (Wildman–Crippen MR) is 40.6 cm³/mol. The van der Waals surface area contributed by atoms with E-state index >= 15 is 0 Å². The predicted octanol–water partition coefficient (Wildman–Crippen LogP) is 1.66. The van der Waals surface area contributed by atoms with Gasteiger partial charge in [-0.3, -0.25) is 0 Å². The number of hydrogen-bond donors (Lipinski definition) is 0. The van der Waals surface area contributed by atoms with Crippen LogP contribution in [0.15, 0.2) is 24.3 Å². The van der Waals surface area contributed by atoms with E-state index in [2.05, 4.69) is 31.2 Å². The highest BCUT2D eigenvalue weighted by Gasteiger charge is 1.84. The van der Waals surface area contributed by atoms with Crippen molar-refractivity contribution in [1.29, 1.82) is 0 Å². The molecule has 0 aromatic heterocycles. The minimum absolute atomic E-state index is 0.639. The van der Waals surface area contributed by atoms with Gasteiger partial charge in [-0.25, -0.2) is 0 Å². The number of hydrogen-bond acceptors (Lipinski definition) is 0. The van der Waals surface area contributed by atoms with Crippen LogP contribution in [0.3, 0.4) is 0 Å². The van der Waals surface area contributed by atoms with Crippen molar-refractivity contribution in [2.75, 3.05) is 0 Å². The molecule has 0 unspecified atom stereocenters. The van der Waals surface area contributed by atoms with Crippen LogP contribution < -0.4 is 0 Å². The monoisotopic (exact) mass is 116 g/mol. The van der Waals surface area contributed by atoms with E-state index in [-0.39, 0.29) is 0 Å². The summed E-state index contributed by atoms with van der Waals surface area (Å²) in [7, 11) is 5.40. The minimum Gasteiger partial charge on any atom is -0.0643 e. The van der Waals surface area contributed by atoms with Crippen LogP contribution >= 0.6 is 0 Å². The second-order valence-electron chi connectivity index (χ2n) is 2.19. The Bertz CT molecular complexity index is 176.